The molecule has 6 nitrogen and oxygen atoms in total. The molecule has 0 radical (unpaired) electrons. The number of ether oxygens (including phenoxy) is 4. The maximum absolute atomic E-state index is 8.35. The molecule has 0 fully saturated rings. The van der Waals surface area contributed by atoms with E-state index in [0.29, 0.717) is 0 Å². The highest BCUT2D eigenvalue weighted by Crippen LogP contribution is 2.21. The van der Waals surface area contributed by atoms with Crippen LogP contribution in [-0.4, -0.2) is 46.6 Å². The number of carbonyl (C=O) groups excluding carboxylic acids is 1. The second-order valence-electron chi connectivity index (χ2n) is 2.45. The van der Waals surface area contributed by atoms with Crippen molar-refractivity contribution in [3.05, 3.63) is 0 Å². The minimum absolute atomic E-state index is 0.225. The Morgan fingerprint density at radius 2 is 1.53 bits per heavy atom. The van der Waals surface area contributed by atoms with Gasteiger partial charge in [-0.25, -0.2) is 10.2 Å². The summed E-state index contributed by atoms with van der Waals surface area (Å²) in [4.78, 5) is 8.35. The molecule has 15 heavy (non-hydrogen) atoms. The van der Waals surface area contributed by atoms with Crippen molar-refractivity contribution >= 4 is 6.08 Å². The van der Waals surface area contributed by atoms with Gasteiger partial charge in [-0.05, 0) is 6.42 Å². The Labute approximate surface area is 90.0 Å². The Hall–Kier alpha value is -0.780. The minimum atomic E-state index is -1.08. The smallest absolute Gasteiger partial charge is 0.310 e. The highest BCUT2D eigenvalue weighted by molar-refractivity contribution is 5.26. The number of hydrogen-bond acceptors (Lipinski definition) is 6. The van der Waals surface area contributed by atoms with E-state index in [2.05, 4.69) is 0 Å². The van der Waals surface area contributed by atoms with E-state index in [1.807, 2.05) is 6.92 Å². The van der Waals surface area contributed by atoms with Gasteiger partial charge in [0.25, 0.3) is 0 Å². The molecule has 0 spiro atoms. The fourth-order valence-corrected chi connectivity index (χ4v) is 1.21. The van der Waals surface area contributed by atoms with Crippen LogP contribution in [0.2, 0.25) is 0 Å². The predicted molar refractivity (Wildman–Crippen MR) is 53.3 cm³/mol. The molecule has 0 rings (SSSR count). The van der Waals surface area contributed by atoms with Crippen LogP contribution in [0.1, 0.15) is 13.3 Å². The third-order valence-electron chi connectivity index (χ3n) is 1.90. The lowest BCUT2D eigenvalue weighted by Crippen LogP contribution is -2.48. The molecule has 0 aromatic rings. The van der Waals surface area contributed by atoms with Crippen molar-refractivity contribution in [1.29, 1.82) is 5.41 Å². The predicted octanol–water partition coefficient (Wildman–Crippen LogP) is 0.905. The molecule has 6 heteroatoms. The molecule has 0 saturated carbocycles. The number of nitrogens with one attached hydrogen (secondary N) is 1. The fourth-order valence-electron chi connectivity index (χ4n) is 1.21. The molecule has 0 saturated heterocycles. The fraction of sp³-hybridized carbons (Fsp3) is 0.889. The molecule has 0 bridgehead atoms. The highest BCUT2D eigenvalue weighted by Gasteiger charge is 2.39. The molecule has 0 aliphatic carbocycles. The van der Waals surface area contributed by atoms with Gasteiger partial charge in [-0.2, -0.15) is 0 Å². The summed E-state index contributed by atoms with van der Waals surface area (Å²) in [6.07, 6.45) is 1.28. The zero-order valence-corrected chi connectivity index (χ0v) is 9.83. The molecule has 90 valence electrons. The number of rotatable bonds is 6. The molecule has 0 amide bonds. The van der Waals surface area contributed by atoms with Crippen LogP contribution in [0.15, 0.2) is 0 Å². The molecule has 1 atom stereocenters. The van der Waals surface area contributed by atoms with Crippen LogP contribution in [-0.2, 0) is 23.7 Å². The zero-order valence-electron chi connectivity index (χ0n) is 9.83. The van der Waals surface area contributed by atoms with E-state index in [4.69, 9.17) is 29.2 Å². The van der Waals surface area contributed by atoms with Gasteiger partial charge in [-0.15, -0.1) is 0 Å². The summed E-state index contributed by atoms with van der Waals surface area (Å²) in [5.74, 6) is -1.08. The first-order valence-corrected chi connectivity index (χ1v) is 4.34. The van der Waals surface area contributed by atoms with Crippen LogP contribution < -0.4 is 0 Å². The van der Waals surface area contributed by atoms with Crippen molar-refractivity contribution < 1.29 is 23.7 Å². The van der Waals surface area contributed by atoms with Crippen molar-refractivity contribution in [3.8, 4) is 0 Å². The first-order valence-electron chi connectivity index (χ1n) is 4.34. The first kappa shape index (κ1) is 16.6. The van der Waals surface area contributed by atoms with Crippen LogP contribution in [0.4, 0.5) is 0 Å². The molecule has 1 unspecified atom stereocenters. The lowest BCUT2D eigenvalue weighted by atomic mass is 10.2. The van der Waals surface area contributed by atoms with E-state index in [0.717, 1.165) is 12.5 Å². The van der Waals surface area contributed by atoms with Crippen molar-refractivity contribution in [2.24, 2.45) is 0 Å². The van der Waals surface area contributed by atoms with E-state index in [9.17, 15) is 0 Å². The van der Waals surface area contributed by atoms with E-state index in [-0.39, 0.29) is 6.10 Å². The zero-order chi connectivity index (χ0) is 12.3. The monoisotopic (exact) mass is 221 g/mol. The summed E-state index contributed by atoms with van der Waals surface area (Å²) in [7, 11) is 6.16. The molecule has 0 aliphatic heterocycles. The lowest BCUT2D eigenvalue weighted by molar-refractivity contribution is -0.391. The standard InChI is InChI=1S/C8H18O4.CHNO/c1-6-7(9-2)8(10-3,11-4)12-5;2-1-3/h7H,6H2,1-5H3;2H. The summed E-state index contributed by atoms with van der Waals surface area (Å²) < 4.78 is 20.5. The van der Waals surface area contributed by atoms with Gasteiger partial charge < -0.3 is 18.9 Å². The van der Waals surface area contributed by atoms with Crippen LogP contribution in [0.3, 0.4) is 0 Å². The Bertz CT molecular complexity index is 163. The van der Waals surface area contributed by atoms with E-state index in [1.165, 1.54) is 21.3 Å². The number of methoxy groups -OCH3 is 4. The van der Waals surface area contributed by atoms with Gasteiger partial charge >= 0.3 is 5.97 Å². The van der Waals surface area contributed by atoms with Gasteiger partial charge in [0.15, 0.2) is 0 Å². The normalized spacial score (nSPS) is 12.3. The molecule has 0 aromatic carbocycles. The summed E-state index contributed by atoms with van der Waals surface area (Å²) in [6, 6.07) is 0. The summed E-state index contributed by atoms with van der Waals surface area (Å²) in [6.45, 7) is 1.97. The molecule has 0 aromatic heterocycles. The Balaban J connectivity index is 0. The second-order valence-corrected chi connectivity index (χ2v) is 2.45. The van der Waals surface area contributed by atoms with Crippen molar-refractivity contribution in [2.45, 2.75) is 25.4 Å². The van der Waals surface area contributed by atoms with Gasteiger partial charge in [0, 0.05) is 28.4 Å². The average molecular weight is 221 g/mol. The molecular weight excluding hydrogens is 202 g/mol. The van der Waals surface area contributed by atoms with Crippen molar-refractivity contribution in [2.75, 3.05) is 28.4 Å². The maximum Gasteiger partial charge on any atom is 0.310 e. The molecule has 0 aliphatic rings. The maximum atomic E-state index is 8.35. The van der Waals surface area contributed by atoms with Crippen LogP contribution in [0.25, 0.3) is 0 Å². The second kappa shape index (κ2) is 9.76. The van der Waals surface area contributed by atoms with Gasteiger partial charge in [0.1, 0.15) is 6.10 Å². The highest BCUT2D eigenvalue weighted by atomic mass is 16.9. The Morgan fingerprint density at radius 1 is 1.20 bits per heavy atom. The van der Waals surface area contributed by atoms with Crippen LogP contribution in [0, 0.1) is 5.41 Å². The van der Waals surface area contributed by atoms with Gasteiger partial charge in [0.05, 0.1) is 0 Å². The van der Waals surface area contributed by atoms with Gasteiger partial charge in [-0.1, -0.05) is 6.92 Å². The number of isocyanates is 1. The molecule has 1 N–H and O–H groups in total. The van der Waals surface area contributed by atoms with Crippen molar-refractivity contribution in [1.82, 2.24) is 0 Å². The Morgan fingerprint density at radius 3 is 1.60 bits per heavy atom. The SMILES string of the molecule is CCC(OC)C(OC)(OC)OC.N=C=O. The van der Waals surface area contributed by atoms with Gasteiger partial charge in [0.2, 0.25) is 6.08 Å². The average Bonchev–Trinajstić information content (AvgIpc) is 2.27. The molecular formula is C9H19NO5. The van der Waals surface area contributed by atoms with E-state index >= 15 is 0 Å². The first-order chi connectivity index (χ1) is 7.12. The quantitative estimate of drug-likeness (QED) is 0.409. The minimum Gasteiger partial charge on any atom is -0.373 e. The number of hydrogen-bond donors (Lipinski definition) is 1. The summed E-state index contributed by atoms with van der Waals surface area (Å²) in [5, 5.41) is 5.40. The van der Waals surface area contributed by atoms with E-state index in [1.54, 1.807) is 7.11 Å². The largest absolute Gasteiger partial charge is 0.373 e. The Kier molecular flexibility index (Phi) is 10.8. The lowest BCUT2D eigenvalue weighted by Gasteiger charge is -2.34. The third kappa shape index (κ3) is 5.01. The third-order valence-corrected chi connectivity index (χ3v) is 1.90. The van der Waals surface area contributed by atoms with Crippen LogP contribution >= 0.6 is 0 Å². The summed E-state index contributed by atoms with van der Waals surface area (Å²) >= 11 is 0. The van der Waals surface area contributed by atoms with Gasteiger partial charge in [-0.3, -0.25) is 0 Å². The van der Waals surface area contributed by atoms with Crippen molar-refractivity contribution in [3.63, 3.8) is 0 Å². The van der Waals surface area contributed by atoms with E-state index < -0.39 is 5.97 Å². The topological polar surface area (TPSA) is 77.8 Å². The summed E-state index contributed by atoms with van der Waals surface area (Å²) in [5.41, 5.74) is 0. The molecule has 0 heterocycles. The van der Waals surface area contributed by atoms with Crippen LogP contribution in [0.5, 0.6) is 0 Å².